The average molecular weight is 347 g/mol. The molecule has 1 aliphatic heterocycles. The van der Waals surface area contributed by atoms with E-state index in [-0.39, 0.29) is 17.5 Å². The lowest BCUT2D eigenvalue weighted by Gasteiger charge is -2.27. The molecule has 5 nitrogen and oxygen atoms in total. The predicted molar refractivity (Wildman–Crippen MR) is 93.0 cm³/mol. The Morgan fingerprint density at radius 1 is 1.21 bits per heavy atom. The monoisotopic (exact) mass is 347 g/mol. The summed E-state index contributed by atoms with van der Waals surface area (Å²) in [7, 11) is 0. The smallest absolute Gasteiger partial charge is 0.234 e. The van der Waals surface area contributed by atoms with Crippen LogP contribution < -0.4 is 10.2 Å². The first-order valence-electron chi connectivity index (χ1n) is 7.68. The van der Waals surface area contributed by atoms with Crippen LogP contribution in [0.4, 0.5) is 15.9 Å². The number of benzene rings is 1. The molecular weight excluding hydrogens is 329 g/mol. The van der Waals surface area contributed by atoms with Crippen molar-refractivity contribution in [3.8, 4) is 0 Å². The number of aromatic nitrogens is 1. The summed E-state index contributed by atoms with van der Waals surface area (Å²) in [4.78, 5) is 19.4. The first-order valence-corrected chi connectivity index (χ1v) is 8.66. The van der Waals surface area contributed by atoms with Gasteiger partial charge in [0, 0.05) is 18.0 Å². The van der Waals surface area contributed by atoms with Crippen LogP contribution in [0.5, 0.6) is 0 Å². The lowest BCUT2D eigenvalue weighted by Crippen LogP contribution is -2.36. The van der Waals surface area contributed by atoms with Gasteiger partial charge in [0.2, 0.25) is 5.91 Å². The highest BCUT2D eigenvalue weighted by Crippen LogP contribution is 2.19. The number of halogens is 1. The minimum atomic E-state index is -0.282. The number of carbonyl (C=O) groups is 1. The number of rotatable bonds is 5. The fourth-order valence-electron chi connectivity index (χ4n) is 2.32. The standard InChI is InChI=1S/C17H18FN3O2S/c18-13-1-4-15(5-2-13)24-12-17(22)20-14-3-6-16(19-11-14)21-7-9-23-10-8-21/h1-6,11H,7-10,12H2,(H,20,22). The molecule has 7 heteroatoms. The summed E-state index contributed by atoms with van der Waals surface area (Å²) in [6, 6.07) is 9.83. The molecule has 1 amide bonds. The maximum atomic E-state index is 12.8. The van der Waals surface area contributed by atoms with Crippen LogP contribution >= 0.6 is 11.8 Å². The predicted octanol–water partition coefficient (Wildman–Crippen LogP) is 2.79. The van der Waals surface area contributed by atoms with E-state index in [1.54, 1.807) is 18.3 Å². The van der Waals surface area contributed by atoms with Gasteiger partial charge in [-0.25, -0.2) is 9.37 Å². The van der Waals surface area contributed by atoms with E-state index in [0.29, 0.717) is 18.9 Å². The van der Waals surface area contributed by atoms with E-state index in [1.165, 1.54) is 23.9 Å². The second-order valence-corrected chi connectivity index (χ2v) is 6.34. The molecule has 126 valence electrons. The molecule has 1 aromatic carbocycles. The number of anilines is 2. The van der Waals surface area contributed by atoms with Gasteiger partial charge in [0.1, 0.15) is 11.6 Å². The van der Waals surface area contributed by atoms with Crippen LogP contribution in [0, 0.1) is 5.82 Å². The van der Waals surface area contributed by atoms with Gasteiger partial charge < -0.3 is 15.0 Å². The van der Waals surface area contributed by atoms with E-state index in [1.807, 2.05) is 12.1 Å². The summed E-state index contributed by atoms with van der Waals surface area (Å²) in [5, 5.41) is 2.81. The Morgan fingerprint density at radius 2 is 1.96 bits per heavy atom. The summed E-state index contributed by atoms with van der Waals surface area (Å²) < 4.78 is 18.2. The van der Waals surface area contributed by atoms with Crippen molar-refractivity contribution in [2.24, 2.45) is 0 Å². The Morgan fingerprint density at radius 3 is 2.62 bits per heavy atom. The number of hydrogen-bond acceptors (Lipinski definition) is 5. The van der Waals surface area contributed by atoms with Gasteiger partial charge in [-0.1, -0.05) is 0 Å². The van der Waals surface area contributed by atoms with Crippen molar-refractivity contribution in [2.75, 3.05) is 42.3 Å². The Balaban J connectivity index is 1.49. The van der Waals surface area contributed by atoms with Crippen LogP contribution in [0.25, 0.3) is 0 Å². The van der Waals surface area contributed by atoms with Crippen LogP contribution in [0.15, 0.2) is 47.5 Å². The maximum Gasteiger partial charge on any atom is 0.234 e. The van der Waals surface area contributed by atoms with E-state index >= 15 is 0 Å². The van der Waals surface area contributed by atoms with E-state index < -0.39 is 0 Å². The fraction of sp³-hybridized carbons (Fsp3) is 0.294. The van der Waals surface area contributed by atoms with Gasteiger partial charge >= 0.3 is 0 Å². The van der Waals surface area contributed by atoms with Gasteiger partial charge in [0.15, 0.2) is 0 Å². The molecule has 1 fully saturated rings. The van der Waals surface area contributed by atoms with Crippen molar-refractivity contribution in [3.63, 3.8) is 0 Å². The van der Waals surface area contributed by atoms with Gasteiger partial charge in [0.25, 0.3) is 0 Å². The summed E-state index contributed by atoms with van der Waals surface area (Å²) in [6.45, 7) is 3.07. The number of nitrogens with one attached hydrogen (secondary N) is 1. The molecule has 3 rings (SSSR count). The van der Waals surface area contributed by atoms with E-state index in [0.717, 1.165) is 23.8 Å². The highest BCUT2D eigenvalue weighted by Gasteiger charge is 2.12. The molecule has 0 spiro atoms. The SMILES string of the molecule is O=C(CSc1ccc(F)cc1)Nc1ccc(N2CCOCC2)nc1. The number of pyridine rings is 1. The molecule has 1 saturated heterocycles. The Kier molecular flexibility index (Phi) is 5.66. The molecule has 1 aliphatic rings. The molecule has 0 radical (unpaired) electrons. The van der Waals surface area contributed by atoms with Gasteiger partial charge in [-0.05, 0) is 36.4 Å². The molecule has 0 bridgehead atoms. The number of nitrogens with zero attached hydrogens (tertiary/aromatic N) is 2. The number of thioether (sulfide) groups is 1. The highest BCUT2D eigenvalue weighted by atomic mass is 32.2. The van der Waals surface area contributed by atoms with Crippen LogP contribution in [0.1, 0.15) is 0 Å². The molecule has 0 atom stereocenters. The van der Waals surface area contributed by atoms with E-state index in [2.05, 4.69) is 15.2 Å². The Labute approximate surface area is 144 Å². The number of ether oxygens (including phenoxy) is 1. The molecule has 2 heterocycles. The zero-order valence-electron chi connectivity index (χ0n) is 13.1. The zero-order valence-corrected chi connectivity index (χ0v) is 13.9. The first-order chi connectivity index (χ1) is 11.7. The highest BCUT2D eigenvalue weighted by molar-refractivity contribution is 8.00. The maximum absolute atomic E-state index is 12.8. The second kappa shape index (κ2) is 8.12. The van der Waals surface area contributed by atoms with Gasteiger partial charge in [0.05, 0.1) is 30.9 Å². The third-order valence-electron chi connectivity index (χ3n) is 3.55. The minimum Gasteiger partial charge on any atom is -0.378 e. The molecule has 2 aromatic rings. The van der Waals surface area contributed by atoms with Gasteiger partial charge in [-0.15, -0.1) is 11.8 Å². The fourth-order valence-corrected chi connectivity index (χ4v) is 3.01. The summed E-state index contributed by atoms with van der Waals surface area (Å²) in [6.07, 6.45) is 1.66. The Hall–Kier alpha value is -2.12. The van der Waals surface area contributed by atoms with E-state index in [4.69, 9.17) is 4.74 Å². The van der Waals surface area contributed by atoms with Crippen molar-refractivity contribution >= 4 is 29.2 Å². The van der Waals surface area contributed by atoms with Crippen molar-refractivity contribution < 1.29 is 13.9 Å². The minimum absolute atomic E-state index is 0.120. The molecule has 1 aromatic heterocycles. The third kappa shape index (κ3) is 4.69. The zero-order chi connectivity index (χ0) is 16.8. The first kappa shape index (κ1) is 16.7. The lowest BCUT2D eigenvalue weighted by atomic mass is 10.3. The second-order valence-electron chi connectivity index (χ2n) is 5.30. The molecule has 1 N–H and O–H groups in total. The van der Waals surface area contributed by atoms with Gasteiger partial charge in [-0.3, -0.25) is 4.79 Å². The number of carbonyl (C=O) groups excluding carboxylic acids is 1. The molecule has 24 heavy (non-hydrogen) atoms. The summed E-state index contributed by atoms with van der Waals surface area (Å²) in [5.41, 5.74) is 0.664. The number of morpholine rings is 1. The quantitative estimate of drug-likeness (QED) is 0.843. The van der Waals surface area contributed by atoms with Crippen LogP contribution in [-0.2, 0) is 9.53 Å². The van der Waals surface area contributed by atoms with E-state index in [9.17, 15) is 9.18 Å². The normalized spacial score (nSPS) is 14.5. The van der Waals surface area contributed by atoms with Crippen LogP contribution in [-0.4, -0.2) is 42.9 Å². The van der Waals surface area contributed by atoms with Crippen LogP contribution in [0.3, 0.4) is 0 Å². The lowest BCUT2D eigenvalue weighted by molar-refractivity contribution is -0.113. The van der Waals surface area contributed by atoms with Crippen molar-refractivity contribution in [1.29, 1.82) is 0 Å². The third-order valence-corrected chi connectivity index (χ3v) is 4.56. The van der Waals surface area contributed by atoms with Crippen molar-refractivity contribution in [1.82, 2.24) is 4.98 Å². The number of amides is 1. The summed E-state index contributed by atoms with van der Waals surface area (Å²) in [5.74, 6) is 0.745. The summed E-state index contributed by atoms with van der Waals surface area (Å²) >= 11 is 1.36. The van der Waals surface area contributed by atoms with Crippen LogP contribution in [0.2, 0.25) is 0 Å². The molecular formula is C17H18FN3O2S. The average Bonchev–Trinajstić information content (AvgIpc) is 2.63. The topological polar surface area (TPSA) is 54.5 Å². The molecule has 0 saturated carbocycles. The largest absolute Gasteiger partial charge is 0.378 e. The van der Waals surface area contributed by atoms with Crippen molar-refractivity contribution in [3.05, 3.63) is 48.4 Å². The molecule has 0 aliphatic carbocycles. The van der Waals surface area contributed by atoms with Crippen molar-refractivity contribution in [2.45, 2.75) is 4.90 Å². The van der Waals surface area contributed by atoms with Gasteiger partial charge in [-0.2, -0.15) is 0 Å². The number of hydrogen-bond donors (Lipinski definition) is 1. The Bertz CT molecular complexity index is 673. The molecule has 0 unspecified atom stereocenters.